The van der Waals surface area contributed by atoms with E-state index in [1.807, 2.05) is 37.6 Å². The summed E-state index contributed by atoms with van der Waals surface area (Å²) in [5.41, 5.74) is 8.62. The van der Waals surface area contributed by atoms with Crippen molar-refractivity contribution in [1.82, 2.24) is 14.5 Å². The monoisotopic (exact) mass is 234 g/mol. The number of aromatic nitrogens is 3. The maximum Gasteiger partial charge on any atom is 0.202 e. The summed E-state index contributed by atoms with van der Waals surface area (Å²) in [6.45, 7) is 7.30. The van der Waals surface area contributed by atoms with Crippen molar-refractivity contribution in [2.24, 2.45) is 0 Å². The molecule has 0 spiro atoms. The van der Waals surface area contributed by atoms with Gasteiger partial charge in [-0.3, -0.25) is 4.57 Å². The molecule has 0 atom stereocenters. The predicted octanol–water partition coefficient (Wildman–Crippen LogP) is 1.75. The minimum absolute atomic E-state index is 0.223. The van der Waals surface area contributed by atoms with E-state index in [1.165, 1.54) is 0 Å². The summed E-state index contributed by atoms with van der Waals surface area (Å²) < 4.78 is 7.40. The number of pyridine rings is 1. The third-order valence-electron chi connectivity index (χ3n) is 2.52. The molecule has 0 fully saturated rings. The summed E-state index contributed by atoms with van der Waals surface area (Å²) in [5.74, 6) is 0.491. The molecule has 0 saturated heterocycles. The van der Waals surface area contributed by atoms with Crippen molar-refractivity contribution in [2.75, 3.05) is 12.3 Å². The molecule has 2 heterocycles. The molecule has 5 heteroatoms. The maximum atomic E-state index is 5.88. The lowest BCUT2D eigenvalue weighted by Crippen LogP contribution is -2.12. The summed E-state index contributed by atoms with van der Waals surface area (Å²) >= 11 is 0. The first-order valence-electron chi connectivity index (χ1n) is 5.78. The molecule has 0 amide bonds. The third-order valence-corrected chi connectivity index (χ3v) is 2.52. The number of hydrogen-bond donors (Lipinski definition) is 1. The number of aryl methyl sites for hydroxylation is 1. The topological polar surface area (TPSA) is 66.0 Å². The summed E-state index contributed by atoms with van der Waals surface area (Å²) in [7, 11) is 0. The second-order valence-electron chi connectivity index (χ2n) is 4.40. The van der Waals surface area contributed by atoms with Crippen molar-refractivity contribution in [1.29, 1.82) is 0 Å². The molecule has 0 aromatic carbocycles. The van der Waals surface area contributed by atoms with Gasteiger partial charge in [0.25, 0.3) is 0 Å². The zero-order chi connectivity index (χ0) is 12.4. The van der Waals surface area contributed by atoms with Crippen molar-refractivity contribution < 1.29 is 4.74 Å². The van der Waals surface area contributed by atoms with Gasteiger partial charge in [0, 0.05) is 6.20 Å². The van der Waals surface area contributed by atoms with Crippen LogP contribution in [0.25, 0.3) is 11.2 Å². The van der Waals surface area contributed by atoms with Crippen LogP contribution in [-0.2, 0) is 11.3 Å². The largest absolute Gasteiger partial charge is 0.377 e. The van der Waals surface area contributed by atoms with Gasteiger partial charge in [-0.2, -0.15) is 0 Å². The van der Waals surface area contributed by atoms with Crippen LogP contribution in [-0.4, -0.2) is 27.2 Å². The number of nitrogens with zero attached hydrogens (tertiary/aromatic N) is 3. The fourth-order valence-electron chi connectivity index (χ4n) is 1.73. The number of imidazole rings is 1. The zero-order valence-electron chi connectivity index (χ0n) is 10.5. The first-order chi connectivity index (χ1) is 8.08. The van der Waals surface area contributed by atoms with E-state index < -0.39 is 0 Å². The van der Waals surface area contributed by atoms with E-state index in [2.05, 4.69) is 9.97 Å². The fraction of sp³-hybridized carbons (Fsp3) is 0.500. The predicted molar refractivity (Wildman–Crippen MR) is 67.8 cm³/mol. The highest BCUT2D eigenvalue weighted by Gasteiger charge is 2.09. The van der Waals surface area contributed by atoms with Crippen molar-refractivity contribution in [3.63, 3.8) is 0 Å². The molecule has 0 aliphatic heterocycles. The average molecular weight is 234 g/mol. The molecule has 2 N–H and O–H groups in total. The third kappa shape index (κ3) is 2.55. The highest BCUT2D eigenvalue weighted by molar-refractivity contribution is 5.74. The number of fused-ring (bicyclic) bond motifs is 1. The Morgan fingerprint density at radius 3 is 2.94 bits per heavy atom. The van der Waals surface area contributed by atoms with Crippen LogP contribution in [0.5, 0.6) is 0 Å². The molecule has 2 aromatic rings. The molecule has 0 bridgehead atoms. The number of anilines is 1. The lowest BCUT2D eigenvalue weighted by atomic mass is 10.3. The average Bonchev–Trinajstić information content (AvgIpc) is 2.54. The fourth-order valence-corrected chi connectivity index (χ4v) is 1.73. The van der Waals surface area contributed by atoms with Gasteiger partial charge in [-0.25, -0.2) is 9.97 Å². The van der Waals surface area contributed by atoms with E-state index in [0.717, 1.165) is 16.7 Å². The van der Waals surface area contributed by atoms with E-state index in [4.69, 9.17) is 10.5 Å². The Morgan fingerprint density at radius 2 is 2.24 bits per heavy atom. The quantitative estimate of drug-likeness (QED) is 0.875. The SMILES string of the molecule is Cc1cnc2c(c1)nc(N)n2CCOC(C)C. The van der Waals surface area contributed by atoms with Crippen molar-refractivity contribution in [2.45, 2.75) is 33.4 Å². The molecule has 17 heavy (non-hydrogen) atoms. The van der Waals surface area contributed by atoms with Gasteiger partial charge in [0.15, 0.2) is 5.65 Å². The molecule has 0 unspecified atom stereocenters. The van der Waals surface area contributed by atoms with Gasteiger partial charge in [-0.1, -0.05) is 0 Å². The summed E-state index contributed by atoms with van der Waals surface area (Å²) in [5, 5.41) is 0. The number of nitrogen functional groups attached to an aromatic ring is 1. The Morgan fingerprint density at radius 1 is 1.47 bits per heavy atom. The van der Waals surface area contributed by atoms with Crippen molar-refractivity contribution >= 4 is 17.1 Å². The maximum absolute atomic E-state index is 5.88. The molecule has 0 saturated carbocycles. The van der Waals surface area contributed by atoms with Gasteiger partial charge in [0.05, 0.1) is 19.3 Å². The van der Waals surface area contributed by atoms with E-state index in [9.17, 15) is 0 Å². The molecule has 0 radical (unpaired) electrons. The Balaban J connectivity index is 2.24. The lowest BCUT2D eigenvalue weighted by molar-refractivity contribution is 0.0735. The molecule has 2 aromatic heterocycles. The summed E-state index contributed by atoms with van der Waals surface area (Å²) in [6.07, 6.45) is 2.05. The number of ether oxygens (including phenoxy) is 1. The standard InChI is InChI=1S/C12H18N4O/c1-8(2)17-5-4-16-11-10(15-12(16)13)6-9(3)7-14-11/h6-8H,4-5H2,1-3H3,(H2,13,15). The Labute approximate surface area is 101 Å². The van der Waals surface area contributed by atoms with Crippen LogP contribution in [0.3, 0.4) is 0 Å². The van der Waals surface area contributed by atoms with Crippen LogP contribution in [0.4, 0.5) is 5.95 Å². The van der Waals surface area contributed by atoms with Gasteiger partial charge in [0.2, 0.25) is 5.95 Å². The molecule has 5 nitrogen and oxygen atoms in total. The van der Waals surface area contributed by atoms with E-state index >= 15 is 0 Å². The summed E-state index contributed by atoms with van der Waals surface area (Å²) in [6, 6.07) is 1.98. The second kappa shape index (κ2) is 4.71. The van der Waals surface area contributed by atoms with E-state index in [-0.39, 0.29) is 6.10 Å². The molecule has 92 valence electrons. The minimum Gasteiger partial charge on any atom is -0.377 e. The first-order valence-corrected chi connectivity index (χ1v) is 5.78. The van der Waals surface area contributed by atoms with E-state index in [1.54, 1.807) is 0 Å². The Kier molecular flexibility index (Phi) is 3.28. The van der Waals surface area contributed by atoms with Crippen LogP contribution in [0.2, 0.25) is 0 Å². The molecule has 0 aliphatic rings. The van der Waals surface area contributed by atoms with Crippen molar-refractivity contribution in [3.05, 3.63) is 17.8 Å². The molecular formula is C12H18N4O. The first kappa shape index (κ1) is 11.9. The molecular weight excluding hydrogens is 216 g/mol. The molecule has 2 rings (SSSR count). The normalized spacial score (nSPS) is 11.5. The zero-order valence-corrected chi connectivity index (χ0v) is 10.5. The molecule has 0 aliphatic carbocycles. The van der Waals surface area contributed by atoms with Crippen LogP contribution >= 0.6 is 0 Å². The van der Waals surface area contributed by atoms with Crippen LogP contribution in [0.1, 0.15) is 19.4 Å². The van der Waals surface area contributed by atoms with Crippen LogP contribution < -0.4 is 5.73 Å². The number of hydrogen-bond acceptors (Lipinski definition) is 4. The van der Waals surface area contributed by atoms with Gasteiger partial charge < -0.3 is 10.5 Å². The van der Waals surface area contributed by atoms with Gasteiger partial charge in [0.1, 0.15) is 5.52 Å². The minimum atomic E-state index is 0.223. The van der Waals surface area contributed by atoms with Gasteiger partial charge in [-0.15, -0.1) is 0 Å². The Bertz CT molecular complexity index is 518. The van der Waals surface area contributed by atoms with Crippen LogP contribution in [0.15, 0.2) is 12.3 Å². The lowest BCUT2D eigenvalue weighted by Gasteiger charge is -2.09. The summed E-state index contributed by atoms with van der Waals surface area (Å²) in [4.78, 5) is 8.66. The highest BCUT2D eigenvalue weighted by Crippen LogP contribution is 2.16. The van der Waals surface area contributed by atoms with Crippen molar-refractivity contribution in [3.8, 4) is 0 Å². The second-order valence-corrected chi connectivity index (χ2v) is 4.40. The van der Waals surface area contributed by atoms with Crippen LogP contribution in [0, 0.1) is 6.92 Å². The van der Waals surface area contributed by atoms with Gasteiger partial charge in [-0.05, 0) is 32.4 Å². The number of nitrogens with two attached hydrogens (primary N) is 1. The Hall–Kier alpha value is -1.62. The number of rotatable bonds is 4. The smallest absolute Gasteiger partial charge is 0.202 e. The van der Waals surface area contributed by atoms with Gasteiger partial charge >= 0.3 is 0 Å². The van der Waals surface area contributed by atoms with E-state index in [0.29, 0.717) is 19.1 Å². The highest BCUT2D eigenvalue weighted by atomic mass is 16.5.